The number of benzene rings is 1. The van der Waals surface area contributed by atoms with E-state index in [0.29, 0.717) is 5.69 Å². The average Bonchev–Trinajstić information content (AvgIpc) is 3.22. The summed E-state index contributed by atoms with van der Waals surface area (Å²) in [5.74, 6) is -0.0500. The number of aromatic nitrogens is 6. The molecule has 3 heterocycles. The number of alkyl halides is 3. The standard InChI is InChI=1S/C16H12F3N7/c1-10-12(8-21-25(10)11-5-3-2-4-6-11)23-14-7-13(16(17,18)19)24-15-20-9-22-26(14)15/h2-9,23H,1H3. The molecule has 0 atom stereocenters. The van der Waals surface area contributed by atoms with E-state index in [-0.39, 0.29) is 11.6 Å². The lowest BCUT2D eigenvalue weighted by molar-refractivity contribution is -0.141. The molecule has 26 heavy (non-hydrogen) atoms. The van der Waals surface area contributed by atoms with Crippen molar-refractivity contribution in [3.05, 3.63) is 60.3 Å². The Balaban J connectivity index is 1.77. The van der Waals surface area contributed by atoms with Crippen LogP contribution in [0.5, 0.6) is 0 Å². The van der Waals surface area contributed by atoms with E-state index in [1.54, 1.807) is 10.9 Å². The van der Waals surface area contributed by atoms with E-state index in [2.05, 4.69) is 25.5 Å². The average molecular weight is 359 g/mol. The molecule has 3 aromatic heterocycles. The van der Waals surface area contributed by atoms with Gasteiger partial charge in [-0.1, -0.05) is 18.2 Å². The molecule has 0 fully saturated rings. The number of anilines is 2. The Bertz CT molecular complexity index is 1070. The predicted molar refractivity (Wildman–Crippen MR) is 87.4 cm³/mol. The van der Waals surface area contributed by atoms with Gasteiger partial charge in [-0.2, -0.15) is 32.9 Å². The van der Waals surface area contributed by atoms with Crippen LogP contribution in [0.2, 0.25) is 0 Å². The van der Waals surface area contributed by atoms with Crippen molar-refractivity contribution in [3.63, 3.8) is 0 Å². The van der Waals surface area contributed by atoms with Crippen molar-refractivity contribution in [3.8, 4) is 5.69 Å². The molecule has 0 aliphatic carbocycles. The van der Waals surface area contributed by atoms with E-state index in [1.807, 2.05) is 37.3 Å². The van der Waals surface area contributed by atoms with E-state index in [1.165, 1.54) is 4.52 Å². The van der Waals surface area contributed by atoms with Crippen molar-refractivity contribution in [2.75, 3.05) is 5.32 Å². The Morgan fingerprint density at radius 1 is 1.08 bits per heavy atom. The number of nitrogens with one attached hydrogen (secondary N) is 1. The minimum atomic E-state index is -4.59. The van der Waals surface area contributed by atoms with Gasteiger partial charge in [0.2, 0.25) is 0 Å². The van der Waals surface area contributed by atoms with Crippen LogP contribution in [0.3, 0.4) is 0 Å². The molecular weight excluding hydrogens is 347 g/mol. The highest BCUT2D eigenvalue weighted by Gasteiger charge is 2.34. The summed E-state index contributed by atoms with van der Waals surface area (Å²) in [6.07, 6.45) is -1.90. The molecule has 0 aliphatic rings. The van der Waals surface area contributed by atoms with Crippen LogP contribution in [0, 0.1) is 6.92 Å². The second-order valence-electron chi connectivity index (χ2n) is 5.51. The molecule has 0 radical (unpaired) electrons. The molecule has 4 aromatic rings. The van der Waals surface area contributed by atoms with Crippen molar-refractivity contribution >= 4 is 17.3 Å². The summed E-state index contributed by atoms with van der Waals surface area (Å²) in [6, 6.07) is 10.3. The largest absolute Gasteiger partial charge is 0.433 e. The molecule has 0 unspecified atom stereocenters. The fraction of sp³-hybridized carbons (Fsp3) is 0.125. The molecular formula is C16H12F3N7. The van der Waals surface area contributed by atoms with Gasteiger partial charge < -0.3 is 5.32 Å². The maximum atomic E-state index is 13.1. The summed E-state index contributed by atoms with van der Waals surface area (Å²) < 4.78 is 42.1. The Hall–Kier alpha value is -3.43. The molecule has 0 amide bonds. The van der Waals surface area contributed by atoms with E-state index in [9.17, 15) is 13.2 Å². The predicted octanol–water partition coefficient (Wildman–Crippen LogP) is 3.38. The highest BCUT2D eigenvalue weighted by molar-refractivity contribution is 5.61. The van der Waals surface area contributed by atoms with E-state index < -0.39 is 11.9 Å². The van der Waals surface area contributed by atoms with Gasteiger partial charge in [-0.3, -0.25) is 0 Å². The maximum Gasteiger partial charge on any atom is 0.433 e. The fourth-order valence-corrected chi connectivity index (χ4v) is 2.55. The highest BCUT2D eigenvalue weighted by atomic mass is 19.4. The fourth-order valence-electron chi connectivity index (χ4n) is 2.55. The number of hydrogen-bond donors (Lipinski definition) is 1. The molecule has 0 aliphatic heterocycles. The third-order valence-corrected chi connectivity index (χ3v) is 3.82. The molecule has 0 spiro atoms. The summed E-state index contributed by atoms with van der Waals surface area (Å²) in [4.78, 5) is 7.24. The van der Waals surface area contributed by atoms with Gasteiger partial charge in [0.1, 0.15) is 12.1 Å². The lowest BCUT2D eigenvalue weighted by Crippen LogP contribution is -2.12. The van der Waals surface area contributed by atoms with Crippen LogP contribution in [0.25, 0.3) is 11.5 Å². The highest BCUT2D eigenvalue weighted by Crippen LogP contribution is 2.31. The van der Waals surface area contributed by atoms with Crippen LogP contribution < -0.4 is 5.32 Å². The van der Waals surface area contributed by atoms with Crippen molar-refractivity contribution < 1.29 is 13.2 Å². The van der Waals surface area contributed by atoms with Gasteiger partial charge in [0.25, 0.3) is 5.78 Å². The normalized spacial score (nSPS) is 11.8. The Morgan fingerprint density at radius 2 is 1.85 bits per heavy atom. The van der Waals surface area contributed by atoms with Crippen LogP contribution in [0.15, 0.2) is 48.9 Å². The number of rotatable bonds is 3. The molecule has 1 aromatic carbocycles. The van der Waals surface area contributed by atoms with Crippen molar-refractivity contribution in [2.45, 2.75) is 13.1 Å². The summed E-state index contributed by atoms with van der Waals surface area (Å²) in [5.41, 5.74) is 1.07. The molecule has 7 nitrogen and oxygen atoms in total. The van der Waals surface area contributed by atoms with Crippen LogP contribution in [-0.2, 0) is 6.18 Å². The molecule has 0 bridgehead atoms. The SMILES string of the molecule is Cc1c(Nc2cc(C(F)(F)F)nc3ncnn23)cnn1-c1ccccc1. The summed E-state index contributed by atoms with van der Waals surface area (Å²) in [5, 5.41) is 11.2. The van der Waals surface area contributed by atoms with E-state index in [0.717, 1.165) is 23.8 Å². The molecule has 132 valence electrons. The Morgan fingerprint density at radius 3 is 2.58 bits per heavy atom. The molecule has 0 saturated carbocycles. The van der Waals surface area contributed by atoms with E-state index >= 15 is 0 Å². The summed E-state index contributed by atoms with van der Waals surface area (Å²) in [7, 11) is 0. The molecule has 1 N–H and O–H groups in total. The van der Waals surface area contributed by atoms with Gasteiger partial charge in [-0.05, 0) is 19.1 Å². The minimum Gasteiger partial charge on any atom is -0.337 e. The lowest BCUT2D eigenvalue weighted by atomic mass is 10.3. The summed E-state index contributed by atoms with van der Waals surface area (Å²) >= 11 is 0. The zero-order chi connectivity index (χ0) is 18.3. The number of hydrogen-bond acceptors (Lipinski definition) is 5. The topological polar surface area (TPSA) is 72.9 Å². The molecule has 4 rings (SSSR count). The lowest BCUT2D eigenvalue weighted by Gasteiger charge is -2.11. The van der Waals surface area contributed by atoms with Gasteiger partial charge in [0.05, 0.1) is 23.3 Å². The zero-order valence-corrected chi connectivity index (χ0v) is 13.4. The van der Waals surface area contributed by atoms with Gasteiger partial charge in [0, 0.05) is 6.07 Å². The van der Waals surface area contributed by atoms with Gasteiger partial charge >= 0.3 is 6.18 Å². The van der Waals surface area contributed by atoms with Crippen LogP contribution >= 0.6 is 0 Å². The first-order chi connectivity index (χ1) is 12.4. The van der Waals surface area contributed by atoms with Crippen LogP contribution in [0.1, 0.15) is 11.4 Å². The Kier molecular flexibility index (Phi) is 3.60. The zero-order valence-electron chi connectivity index (χ0n) is 13.4. The summed E-state index contributed by atoms with van der Waals surface area (Å²) in [6.45, 7) is 1.81. The number of fused-ring (bicyclic) bond motifs is 1. The van der Waals surface area contributed by atoms with Gasteiger partial charge in [0.15, 0.2) is 5.69 Å². The second kappa shape index (κ2) is 5.83. The third kappa shape index (κ3) is 2.75. The first-order valence-electron chi connectivity index (χ1n) is 7.58. The smallest absolute Gasteiger partial charge is 0.337 e. The van der Waals surface area contributed by atoms with E-state index in [4.69, 9.17) is 0 Å². The number of halogens is 3. The first kappa shape index (κ1) is 16.1. The maximum absolute atomic E-state index is 13.1. The molecule has 0 saturated heterocycles. The quantitative estimate of drug-likeness (QED) is 0.607. The van der Waals surface area contributed by atoms with Crippen molar-refractivity contribution in [2.24, 2.45) is 0 Å². The Labute approximate surface area is 145 Å². The van der Waals surface area contributed by atoms with Crippen molar-refractivity contribution in [1.29, 1.82) is 0 Å². The monoisotopic (exact) mass is 359 g/mol. The van der Waals surface area contributed by atoms with Gasteiger partial charge in [-0.25, -0.2) is 9.67 Å². The first-order valence-corrected chi connectivity index (χ1v) is 7.58. The second-order valence-corrected chi connectivity index (χ2v) is 5.51. The van der Waals surface area contributed by atoms with Crippen LogP contribution in [-0.4, -0.2) is 29.4 Å². The third-order valence-electron chi connectivity index (χ3n) is 3.82. The number of para-hydroxylation sites is 1. The van der Waals surface area contributed by atoms with Crippen LogP contribution in [0.4, 0.5) is 24.7 Å². The number of nitrogens with zero attached hydrogens (tertiary/aromatic N) is 6. The molecule has 10 heteroatoms. The minimum absolute atomic E-state index is 0.0931. The van der Waals surface area contributed by atoms with Crippen molar-refractivity contribution in [1.82, 2.24) is 29.4 Å². The van der Waals surface area contributed by atoms with Gasteiger partial charge in [-0.15, -0.1) is 0 Å².